The second-order valence-corrected chi connectivity index (χ2v) is 8.11. The molecule has 1 unspecified atom stereocenters. The summed E-state index contributed by atoms with van der Waals surface area (Å²) >= 11 is 0. The summed E-state index contributed by atoms with van der Waals surface area (Å²) in [5.74, 6) is 3.29. The Morgan fingerprint density at radius 3 is 2.33 bits per heavy atom. The maximum Gasteiger partial charge on any atom is 0.191 e. The first-order valence-electron chi connectivity index (χ1n) is 10.8. The topological polar surface area (TPSA) is 61.4 Å². The minimum atomic E-state index is 0. The lowest BCUT2D eigenvalue weighted by molar-refractivity contribution is 0.223. The van der Waals surface area contributed by atoms with Crippen LogP contribution in [0.5, 0.6) is 11.5 Å². The number of guanidine groups is 1. The number of likely N-dealkylation sites (tertiary alicyclic amines) is 1. The molecule has 2 saturated heterocycles. The summed E-state index contributed by atoms with van der Waals surface area (Å²) in [7, 11) is 5.58. The molecule has 1 atom stereocenters. The van der Waals surface area contributed by atoms with E-state index in [-0.39, 0.29) is 24.0 Å². The van der Waals surface area contributed by atoms with Crippen molar-refractivity contribution < 1.29 is 9.47 Å². The van der Waals surface area contributed by atoms with Gasteiger partial charge >= 0.3 is 0 Å². The van der Waals surface area contributed by atoms with Crippen molar-refractivity contribution in [2.24, 2.45) is 10.9 Å². The highest BCUT2D eigenvalue weighted by Gasteiger charge is 2.24. The lowest BCUT2D eigenvalue weighted by atomic mass is 9.97. The molecule has 0 saturated carbocycles. The molecular weight excluding hydrogens is 493 g/mol. The van der Waals surface area contributed by atoms with E-state index in [2.05, 4.69) is 46.5 Å². The van der Waals surface area contributed by atoms with Crippen LogP contribution in [-0.2, 0) is 0 Å². The van der Waals surface area contributed by atoms with Gasteiger partial charge in [0.05, 0.1) is 14.2 Å². The van der Waals surface area contributed by atoms with Crippen LogP contribution in [0.1, 0.15) is 26.2 Å². The Kier molecular flexibility index (Phi) is 10.3. The molecule has 30 heavy (non-hydrogen) atoms. The minimum absolute atomic E-state index is 0. The van der Waals surface area contributed by atoms with E-state index in [1.54, 1.807) is 14.2 Å². The summed E-state index contributed by atoms with van der Waals surface area (Å²) in [6.45, 7) is 8.22. The Morgan fingerprint density at radius 1 is 1.07 bits per heavy atom. The van der Waals surface area contributed by atoms with Crippen molar-refractivity contribution in [3.63, 3.8) is 0 Å². The monoisotopic (exact) mass is 531 g/mol. The van der Waals surface area contributed by atoms with Crippen molar-refractivity contribution >= 4 is 35.6 Å². The molecule has 2 aliphatic rings. The molecule has 0 bridgehead atoms. The molecule has 3 rings (SSSR count). The molecule has 1 aromatic rings. The molecule has 2 heterocycles. The molecule has 2 fully saturated rings. The van der Waals surface area contributed by atoms with Gasteiger partial charge in [0.1, 0.15) is 11.5 Å². The Bertz CT molecular complexity index is 657. The molecular formula is C22H38IN5O2. The van der Waals surface area contributed by atoms with Gasteiger partial charge < -0.3 is 29.9 Å². The van der Waals surface area contributed by atoms with Crippen LogP contribution in [-0.4, -0.2) is 77.4 Å². The normalized spacial score (nSPS) is 20.6. The summed E-state index contributed by atoms with van der Waals surface area (Å²) in [6, 6.07) is 6.44. The van der Waals surface area contributed by atoms with Crippen LogP contribution >= 0.6 is 24.0 Å². The average molecular weight is 531 g/mol. The predicted octanol–water partition coefficient (Wildman–Crippen LogP) is 2.80. The molecule has 0 spiro atoms. The Morgan fingerprint density at radius 2 is 1.73 bits per heavy atom. The lowest BCUT2D eigenvalue weighted by Gasteiger charge is -2.28. The van der Waals surface area contributed by atoms with E-state index in [1.165, 1.54) is 25.9 Å². The summed E-state index contributed by atoms with van der Waals surface area (Å²) in [5, 5.41) is 7.07. The highest BCUT2D eigenvalue weighted by atomic mass is 127. The summed E-state index contributed by atoms with van der Waals surface area (Å²) in [4.78, 5) is 9.68. The molecule has 7 nitrogen and oxygen atoms in total. The highest BCUT2D eigenvalue weighted by Crippen LogP contribution is 2.30. The van der Waals surface area contributed by atoms with Crippen molar-refractivity contribution in [1.29, 1.82) is 0 Å². The smallest absolute Gasteiger partial charge is 0.191 e. The van der Waals surface area contributed by atoms with Gasteiger partial charge in [-0.2, -0.15) is 0 Å². The number of piperidine rings is 1. The number of rotatable bonds is 7. The number of nitrogens with zero attached hydrogens (tertiary/aromatic N) is 3. The van der Waals surface area contributed by atoms with Crippen LogP contribution in [0.4, 0.5) is 5.69 Å². The first-order valence-corrected chi connectivity index (χ1v) is 10.8. The largest absolute Gasteiger partial charge is 0.497 e. The third-order valence-corrected chi connectivity index (χ3v) is 5.92. The van der Waals surface area contributed by atoms with Gasteiger partial charge in [-0.1, -0.05) is 0 Å². The Balaban J connectivity index is 0.00000320. The fraction of sp³-hybridized carbons (Fsp3) is 0.682. The van der Waals surface area contributed by atoms with E-state index in [0.717, 1.165) is 55.7 Å². The van der Waals surface area contributed by atoms with Gasteiger partial charge in [-0.05, 0) is 52.2 Å². The van der Waals surface area contributed by atoms with Crippen molar-refractivity contribution in [3.8, 4) is 11.5 Å². The number of methoxy groups -OCH3 is 2. The van der Waals surface area contributed by atoms with E-state index >= 15 is 0 Å². The number of anilines is 1. The highest BCUT2D eigenvalue weighted by molar-refractivity contribution is 14.0. The van der Waals surface area contributed by atoms with Gasteiger partial charge in [-0.15, -0.1) is 24.0 Å². The van der Waals surface area contributed by atoms with Crippen LogP contribution in [0, 0.1) is 5.92 Å². The predicted molar refractivity (Wildman–Crippen MR) is 135 cm³/mol. The zero-order chi connectivity index (χ0) is 20.6. The Hall–Kier alpha value is -1.42. The van der Waals surface area contributed by atoms with Gasteiger partial charge in [0, 0.05) is 56.1 Å². The zero-order valence-electron chi connectivity index (χ0n) is 18.8. The van der Waals surface area contributed by atoms with Gasteiger partial charge in [0.15, 0.2) is 5.96 Å². The zero-order valence-corrected chi connectivity index (χ0v) is 21.1. The van der Waals surface area contributed by atoms with E-state index in [4.69, 9.17) is 14.5 Å². The molecule has 2 N–H and O–H groups in total. The van der Waals surface area contributed by atoms with E-state index < -0.39 is 0 Å². The lowest BCUT2D eigenvalue weighted by Crippen LogP contribution is -2.45. The van der Waals surface area contributed by atoms with Gasteiger partial charge in [0.25, 0.3) is 0 Å². The summed E-state index contributed by atoms with van der Waals surface area (Å²) in [6.07, 6.45) is 3.57. The molecule has 170 valence electrons. The number of benzene rings is 1. The standard InChI is InChI=1S/C22H37N5O2.HI/c1-5-23-22(24-15-17-6-9-26(2)10-7-17)25-18-8-11-27(16-18)19-12-20(28-3)14-21(13-19)29-4;/h12-14,17-18H,5-11,15-16H2,1-4H3,(H2,23,24,25);1H. The number of hydrogen-bond donors (Lipinski definition) is 2. The van der Waals surface area contributed by atoms with Gasteiger partial charge in [-0.3, -0.25) is 4.99 Å². The van der Waals surface area contributed by atoms with Crippen molar-refractivity contribution in [2.45, 2.75) is 32.2 Å². The van der Waals surface area contributed by atoms with E-state index in [1.807, 2.05) is 6.07 Å². The first-order chi connectivity index (χ1) is 14.1. The maximum absolute atomic E-state index is 5.42. The summed E-state index contributed by atoms with van der Waals surface area (Å²) < 4.78 is 10.8. The Labute approximate surface area is 198 Å². The van der Waals surface area contributed by atoms with Gasteiger partial charge in [0.2, 0.25) is 0 Å². The number of aliphatic imine (C=N–C) groups is 1. The fourth-order valence-corrected chi connectivity index (χ4v) is 4.07. The molecule has 0 aromatic heterocycles. The van der Waals surface area contributed by atoms with Crippen molar-refractivity contribution in [1.82, 2.24) is 15.5 Å². The van der Waals surface area contributed by atoms with Crippen molar-refractivity contribution in [3.05, 3.63) is 18.2 Å². The summed E-state index contributed by atoms with van der Waals surface area (Å²) in [5.41, 5.74) is 1.14. The SMILES string of the molecule is CCNC(=NCC1CCN(C)CC1)NC1CCN(c2cc(OC)cc(OC)c2)C1.I. The van der Waals surface area contributed by atoms with Crippen LogP contribution in [0.25, 0.3) is 0 Å². The number of ether oxygens (including phenoxy) is 2. The average Bonchev–Trinajstić information content (AvgIpc) is 3.21. The fourth-order valence-electron chi connectivity index (χ4n) is 4.07. The quantitative estimate of drug-likeness (QED) is 0.321. The number of hydrogen-bond acceptors (Lipinski definition) is 5. The van der Waals surface area contributed by atoms with E-state index in [0.29, 0.717) is 12.0 Å². The second kappa shape index (κ2) is 12.4. The number of nitrogens with one attached hydrogen (secondary N) is 2. The maximum atomic E-state index is 5.42. The van der Waals surface area contributed by atoms with E-state index in [9.17, 15) is 0 Å². The number of halogens is 1. The van der Waals surface area contributed by atoms with Crippen LogP contribution in [0.15, 0.2) is 23.2 Å². The second-order valence-electron chi connectivity index (χ2n) is 8.11. The van der Waals surface area contributed by atoms with Crippen LogP contribution < -0.4 is 25.0 Å². The molecule has 8 heteroatoms. The third-order valence-electron chi connectivity index (χ3n) is 5.92. The molecule has 1 aromatic carbocycles. The third kappa shape index (κ3) is 7.08. The molecule has 0 radical (unpaired) electrons. The van der Waals surface area contributed by atoms with Gasteiger partial charge in [-0.25, -0.2) is 0 Å². The minimum Gasteiger partial charge on any atom is -0.497 e. The molecule has 2 aliphatic heterocycles. The van der Waals surface area contributed by atoms with Crippen LogP contribution in [0.2, 0.25) is 0 Å². The van der Waals surface area contributed by atoms with Crippen LogP contribution in [0.3, 0.4) is 0 Å². The first kappa shape index (κ1) is 24.8. The molecule has 0 aliphatic carbocycles. The molecule has 0 amide bonds. The van der Waals surface area contributed by atoms with Crippen molar-refractivity contribution in [2.75, 3.05) is 65.4 Å².